The summed E-state index contributed by atoms with van der Waals surface area (Å²) in [5.74, 6) is -1.88. The maximum absolute atomic E-state index is 13.0. The average molecular weight is 284 g/mol. The van der Waals surface area contributed by atoms with Gasteiger partial charge in [0.25, 0.3) is 0 Å². The van der Waals surface area contributed by atoms with Crippen molar-refractivity contribution < 1.29 is 23.1 Å². The van der Waals surface area contributed by atoms with Gasteiger partial charge in [0.1, 0.15) is 0 Å². The number of hydrogen-bond donors (Lipinski definition) is 1. The van der Waals surface area contributed by atoms with Crippen LogP contribution in [0.3, 0.4) is 0 Å². The van der Waals surface area contributed by atoms with E-state index in [0.717, 1.165) is 17.4 Å². The van der Waals surface area contributed by atoms with Crippen molar-refractivity contribution in [1.29, 1.82) is 0 Å². The molecular weight excluding hydrogens is 273 g/mol. The summed E-state index contributed by atoms with van der Waals surface area (Å²) in [5.41, 5.74) is 0.328. The number of nitrogens with zero attached hydrogens (tertiary/aromatic N) is 2. The van der Waals surface area contributed by atoms with E-state index < -0.39 is 18.0 Å². The quantitative estimate of drug-likeness (QED) is 0.941. The number of imidazole rings is 1. The van der Waals surface area contributed by atoms with Crippen LogP contribution in [-0.4, -0.2) is 20.6 Å². The third kappa shape index (κ3) is 2.23. The number of rotatable bonds is 3. The lowest BCUT2D eigenvalue weighted by Crippen LogP contribution is -2.15. The highest BCUT2D eigenvalue weighted by atomic mass is 19.4. The highest BCUT2D eigenvalue weighted by molar-refractivity contribution is 5.92. The first-order valence-corrected chi connectivity index (χ1v) is 6.17. The molecule has 2 aromatic rings. The zero-order valence-electron chi connectivity index (χ0n) is 10.3. The van der Waals surface area contributed by atoms with E-state index in [1.54, 1.807) is 0 Å². The lowest BCUT2D eigenvalue weighted by molar-refractivity contribution is -0.147. The van der Waals surface area contributed by atoms with Crippen LogP contribution in [0.15, 0.2) is 18.2 Å². The summed E-state index contributed by atoms with van der Waals surface area (Å²) in [4.78, 5) is 14.4. The Morgan fingerprint density at radius 3 is 2.65 bits per heavy atom. The number of carbonyl (C=O) groups is 1. The molecule has 1 aliphatic rings. The zero-order valence-corrected chi connectivity index (χ0v) is 10.3. The van der Waals surface area contributed by atoms with Crippen molar-refractivity contribution in [3.63, 3.8) is 0 Å². The maximum atomic E-state index is 13.0. The Balaban J connectivity index is 2.17. The van der Waals surface area contributed by atoms with Gasteiger partial charge >= 0.3 is 12.1 Å². The van der Waals surface area contributed by atoms with E-state index in [1.807, 2.05) is 0 Å². The van der Waals surface area contributed by atoms with Crippen molar-refractivity contribution in [3.05, 3.63) is 29.6 Å². The fourth-order valence-corrected chi connectivity index (χ4v) is 2.22. The second-order valence-electron chi connectivity index (χ2n) is 5.00. The number of carboxylic acid groups (broad SMARTS) is 1. The number of benzene rings is 1. The molecule has 0 bridgehead atoms. The molecule has 4 nitrogen and oxygen atoms in total. The molecule has 1 aromatic heterocycles. The third-order valence-electron chi connectivity index (χ3n) is 3.39. The molecule has 0 unspecified atom stereocenters. The summed E-state index contributed by atoms with van der Waals surface area (Å²) in [7, 11) is 0. The van der Waals surface area contributed by atoms with E-state index in [9.17, 15) is 18.0 Å². The molecule has 1 aromatic carbocycles. The lowest BCUT2D eigenvalue weighted by Gasteiger charge is -2.10. The number of carboxylic acids is 1. The Morgan fingerprint density at radius 1 is 1.40 bits per heavy atom. The lowest BCUT2D eigenvalue weighted by atomic mass is 10.2. The topological polar surface area (TPSA) is 55.1 Å². The Kier molecular flexibility index (Phi) is 2.74. The average Bonchev–Trinajstić information content (AvgIpc) is 3.08. The molecule has 0 atom stereocenters. The largest absolute Gasteiger partial charge is 0.478 e. The van der Waals surface area contributed by atoms with Crippen LogP contribution in [-0.2, 0) is 12.7 Å². The fourth-order valence-electron chi connectivity index (χ4n) is 2.22. The minimum absolute atomic E-state index is 0.0673. The molecule has 0 amide bonds. The van der Waals surface area contributed by atoms with Gasteiger partial charge in [0.2, 0.25) is 5.82 Å². The normalized spacial score (nSPS) is 15.8. The SMILES string of the molecule is O=C(O)c1ccc2c(c1)nc(C(F)(F)F)n2CC1CC1. The molecule has 1 saturated carbocycles. The molecule has 1 fully saturated rings. The first-order chi connectivity index (χ1) is 9.36. The van der Waals surface area contributed by atoms with Crippen LogP contribution in [0.25, 0.3) is 11.0 Å². The van der Waals surface area contributed by atoms with E-state index in [4.69, 9.17) is 5.11 Å². The van der Waals surface area contributed by atoms with E-state index in [-0.39, 0.29) is 23.5 Å². The molecule has 0 saturated heterocycles. The molecule has 7 heteroatoms. The number of hydrogen-bond acceptors (Lipinski definition) is 2. The summed E-state index contributed by atoms with van der Waals surface area (Å²) < 4.78 is 40.2. The molecule has 1 heterocycles. The summed E-state index contributed by atoms with van der Waals surface area (Å²) in [5, 5.41) is 8.88. The molecule has 1 aliphatic carbocycles. The Morgan fingerprint density at radius 2 is 2.10 bits per heavy atom. The summed E-state index contributed by atoms with van der Waals surface area (Å²) in [6.45, 7) is 0.276. The van der Waals surface area contributed by atoms with Crippen molar-refractivity contribution in [2.75, 3.05) is 0 Å². The van der Waals surface area contributed by atoms with Crippen LogP contribution >= 0.6 is 0 Å². The number of aromatic carboxylic acids is 1. The van der Waals surface area contributed by atoms with Crippen molar-refractivity contribution in [2.24, 2.45) is 5.92 Å². The molecule has 20 heavy (non-hydrogen) atoms. The van der Waals surface area contributed by atoms with Gasteiger partial charge in [-0.15, -0.1) is 0 Å². The number of halogens is 3. The predicted molar refractivity (Wildman–Crippen MR) is 64.4 cm³/mol. The summed E-state index contributed by atoms with van der Waals surface area (Å²) in [6, 6.07) is 3.87. The van der Waals surface area contributed by atoms with Crippen LogP contribution < -0.4 is 0 Å². The Bertz CT molecular complexity index is 687. The smallest absolute Gasteiger partial charge is 0.449 e. The van der Waals surface area contributed by atoms with E-state index in [0.29, 0.717) is 5.52 Å². The van der Waals surface area contributed by atoms with E-state index in [1.165, 1.54) is 18.2 Å². The number of aromatic nitrogens is 2. The molecule has 0 aliphatic heterocycles. The highest BCUT2D eigenvalue weighted by Gasteiger charge is 2.39. The van der Waals surface area contributed by atoms with Crippen LogP contribution in [0.5, 0.6) is 0 Å². The van der Waals surface area contributed by atoms with E-state index >= 15 is 0 Å². The minimum atomic E-state index is -4.54. The van der Waals surface area contributed by atoms with Crippen LogP contribution in [0.1, 0.15) is 29.0 Å². The number of fused-ring (bicyclic) bond motifs is 1. The van der Waals surface area contributed by atoms with Crippen LogP contribution in [0.2, 0.25) is 0 Å². The summed E-state index contributed by atoms with van der Waals surface area (Å²) >= 11 is 0. The van der Waals surface area contributed by atoms with Gasteiger partial charge in [0.05, 0.1) is 16.6 Å². The fraction of sp³-hybridized carbons (Fsp3) is 0.385. The van der Waals surface area contributed by atoms with E-state index in [2.05, 4.69) is 4.98 Å². The van der Waals surface area contributed by atoms with Gasteiger partial charge in [-0.25, -0.2) is 9.78 Å². The Labute approximate surface area is 111 Å². The highest BCUT2D eigenvalue weighted by Crippen LogP contribution is 2.36. The standard InChI is InChI=1S/C13H11F3N2O2/c14-13(15,16)12-17-9-5-8(11(19)20)3-4-10(9)18(12)6-7-1-2-7/h3-5,7H,1-2,6H2,(H,19,20). The third-order valence-corrected chi connectivity index (χ3v) is 3.39. The summed E-state index contributed by atoms with van der Waals surface area (Å²) in [6.07, 6.45) is -2.70. The molecule has 106 valence electrons. The number of alkyl halides is 3. The van der Waals surface area contributed by atoms with Crippen LogP contribution in [0.4, 0.5) is 13.2 Å². The van der Waals surface area contributed by atoms with Gasteiger partial charge in [-0.05, 0) is 37.0 Å². The monoisotopic (exact) mass is 284 g/mol. The van der Waals surface area contributed by atoms with Gasteiger partial charge in [0, 0.05) is 6.54 Å². The molecule has 1 N–H and O–H groups in total. The predicted octanol–water partition coefficient (Wildman–Crippen LogP) is 3.16. The molecule has 3 rings (SSSR count). The van der Waals surface area contributed by atoms with Crippen molar-refractivity contribution in [2.45, 2.75) is 25.6 Å². The molecule has 0 radical (unpaired) electrons. The zero-order chi connectivity index (χ0) is 14.5. The molecular formula is C13H11F3N2O2. The first kappa shape index (κ1) is 13.0. The second-order valence-corrected chi connectivity index (χ2v) is 5.00. The van der Waals surface area contributed by atoms with Gasteiger partial charge in [-0.3, -0.25) is 0 Å². The Hall–Kier alpha value is -2.05. The van der Waals surface area contributed by atoms with Crippen molar-refractivity contribution in [3.8, 4) is 0 Å². The van der Waals surface area contributed by atoms with Crippen molar-refractivity contribution in [1.82, 2.24) is 9.55 Å². The van der Waals surface area contributed by atoms with Crippen LogP contribution in [0, 0.1) is 5.92 Å². The van der Waals surface area contributed by atoms with Crippen molar-refractivity contribution >= 4 is 17.0 Å². The molecule has 0 spiro atoms. The maximum Gasteiger partial charge on any atom is 0.449 e. The first-order valence-electron chi connectivity index (χ1n) is 6.17. The van der Waals surface area contributed by atoms with Gasteiger partial charge < -0.3 is 9.67 Å². The van der Waals surface area contributed by atoms with Gasteiger partial charge in [-0.1, -0.05) is 0 Å². The second kappa shape index (κ2) is 4.22. The minimum Gasteiger partial charge on any atom is -0.478 e. The van der Waals surface area contributed by atoms with Gasteiger partial charge in [-0.2, -0.15) is 13.2 Å². The van der Waals surface area contributed by atoms with Gasteiger partial charge in [0.15, 0.2) is 0 Å².